The number of benzene rings is 1. The van der Waals surface area contributed by atoms with Crippen LogP contribution >= 0.6 is 11.8 Å². The van der Waals surface area contributed by atoms with Crippen LogP contribution in [0.15, 0.2) is 29.2 Å². The Morgan fingerprint density at radius 3 is 2.27 bits per heavy atom. The smallest absolute Gasteiger partial charge is 0.335 e. The van der Waals surface area contributed by atoms with E-state index >= 15 is 0 Å². The highest BCUT2D eigenvalue weighted by Crippen LogP contribution is 2.15. The highest BCUT2D eigenvalue weighted by Gasteiger charge is 1.99. The Labute approximate surface area is 69.2 Å². The van der Waals surface area contributed by atoms with Crippen LogP contribution in [0.5, 0.6) is 0 Å². The van der Waals surface area contributed by atoms with Crippen molar-refractivity contribution in [2.75, 3.05) is 0 Å². The molecule has 1 N–H and O–H groups in total. The summed E-state index contributed by atoms with van der Waals surface area (Å²) in [5.74, 6) is -0.898. The summed E-state index contributed by atoms with van der Waals surface area (Å²) in [7, 11) is 0. The highest BCUT2D eigenvalue weighted by atomic mass is 32.2. The fourth-order valence-electron chi connectivity index (χ4n) is 0.694. The van der Waals surface area contributed by atoms with Gasteiger partial charge >= 0.3 is 5.97 Å². The molecule has 1 radical (unpaired) electrons. The topological polar surface area (TPSA) is 37.3 Å². The van der Waals surface area contributed by atoms with E-state index in [1.54, 1.807) is 24.3 Å². The molecule has 0 spiro atoms. The third-order valence-electron chi connectivity index (χ3n) is 1.27. The predicted octanol–water partition coefficient (Wildman–Crippen LogP) is 2.27. The minimum absolute atomic E-state index is 0.308. The Morgan fingerprint density at radius 2 is 1.91 bits per heavy atom. The lowest BCUT2D eigenvalue weighted by Gasteiger charge is -1.95. The van der Waals surface area contributed by atoms with Crippen LogP contribution < -0.4 is 0 Å². The van der Waals surface area contributed by atoms with Crippen LogP contribution in [-0.2, 0) is 0 Å². The lowest BCUT2D eigenvalue weighted by molar-refractivity contribution is 0.0697. The van der Waals surface area contributed by atoms with E-state index in [1.807, 2.05) is 0 Å². The van der Waals surface area contributed by atoms with Crippen molar-refractivity contribution in [2.24, 2.45) is 0 Å². The standard InChI is InChI=1S/C8H7O2S/c1-11-7-4-2-6(3-5-7)8(9)10/h2-5H,1H2,(H,9,10). The molecule has 0 aliphatic carbocycles. The largest absolute Gasteiger partial charge is 0.478 e. The molecule has 11 heavy (non-hydrogen) atoms. The second kappa shape index (κ2) is 3.44. The first-order chi connectivity index (χ1) is 5.24. The maximum atomic E-state index is 10.4. The van der Waals surface area contributed by atoms with Gasteiger partial charge < -0.3 is 5.11 Å². The van der Waals surface area contributed by atoms with Gasteiger partial charge in [-0.2, -0.15) is 0 Å². The van der Waals surface area contributed by atoms with Gasteiger partial charge in [0.15, 0.2) is 0 Å². The van der Waals surface area contributed by atoms with Crippen LogP contribution in [0.2, 0.25) is 0 Å². The van der Waals surface area contributed by atoms with E-state index < -0.39 is 5.97 Å². The van der Waals surface area contributed by atoms with Crippen molar-refractivity contribution in [1.29, 1.82) is 0 Å². The van der Waals surface area contributed by atoms with Crippen LogP contribution in [0.3, 0.4) is 0 Å². The summed E-state index contributed by atoms with van der Waals surface area (Å²) in [5.41, 5.74) is 0.308. The number of hydrogen-bond acceptors (Lipinski definition) is 2. The van der Waals surface area contributed by atoms with E-state index in [9.17, 15) is 4.79 Å². The lowest BCUT2D eigenvalue weighted by Crippen LogP contribution is -1.94. The van der Waals surface area contributed by atoms with Gasteiger partial charge in [0.2, 0.25) is 0 Å². The maximum absolute atomic E-state index is 10.4. The van der Waals surface area contributed by atoms with Gasteiger partial charge in [-0.05, 0) is 24.3 Å². The summed E-state index contributed by atoms with van der Waals surface area (Å²) in [4.78, 5) is 11.3. The molecule has 1 aromatic rings. The van der Waals surface area contributed by atoms with Gasteiger partial charge in [0, 0.05) is 11.2 Å². The third kappa shape index (κ3) is 1.98. The van der Waals surface area contributed by atoms with Gasteiger partial charge in [-0.15, -0.1) is 11.8 Å². The van der Waals surface area contributed by atoms with Crippen LogP contribution in [0.25, 0.3) is 0 Å². The molecule has 0 saturated heterocycles. The second-order valence-electron chi connectivity index (χ2n) is 1.97. The zero-order chi connectivity index (χ0) is 8.27. The minimum atomic E-state index is -0.898. The van der Waals surface area contributed by atoms with Crippen molar-refractivity contribution < 1.29 is 9.90 Å². The minimum Gasteiger partial charge on any atom is -0.478 e. The molecule has 0 bridgehead atoms. The van der Waals surface area contributed by atoms with E-state index in [-0.39, 0.29) is 0 Å². The highest BCUT2D eigenvalue weighted by molar-refractivity contribution is 8.00. The molecule has 1 aromatic carbocycles. The molecule has 3 heteroatoms. The maximum Gasteiger partial charge on any atom is 0.335 e. The number of hydrogen-bond donors (Lipinski definition) is 1. The van der Waals surface area contributed by atoms with E-state index in [4.69, 9.17) is 5.11 Å². The molecular weight excluding hydrogens is 160 g/mol. The van der Waals surface area contributed by atoms with Gasteiger partial charge in [0.1, 0.15) is 0 Å². The van der Waals surface area contributed by atoms with Crippen LogP contribution in [0.1, 0.15) is 10.4 Å². The van der Waals surface area contributed by atoms with Gasteiger partial charge in [0.25, 0.3) is 0 Å². The molecule has 0 fully saturated rings. The average molecular weight is 167 g/mol. The number of carbonyl (C=O) groups is 1. The molecule has 57 valence electrons. The third-order valence-corrected chi connectivity index (χ3v) is 1.87. The molecule has 1 rings (SSSR count). The summed E-state index contributed by atoms with van der Waals surface area (Å²) in [6, 6.07) is 6.61. The lowest BCUT2D eigenvalue weighted by atomic mass is 10.2. The van der Waals surface area contributed by atoms with Crippen molar-refractivity contribution in [3.63, 3.8) is 0 Å². The number of thioether (sulfide) groups is 1. The first kappa shape index (κ1) is 8.14. The van der Waals surface area contributed by atoms with Crippen LogP contribution in [0.4, 0.5) is 0 Å². The van der Waals surface area contributed by atoms with Gasteiger partial charge in [-0.25, -0.2) is 4.79 Å². The quantitative estimate of drug-likeness (QED) is 0.686. The molecule has 0 saturated carbocycles. The number of rotatable bonds is 2. The molecule has 0 aromatic heterocycles. The second-order valence-corrected chi connectivity index (χ2v) is 2.73. The molecular formula is C8H7O2S. The number of aromatic carboxylic acids is 1. The molecule has 0 amide bonds. The summed E-state index contributed by atoms with van der Waals surface area (Å²) in [6.07, 6.45) is 3.60. The van der Waals surface area contributed by atoms with E-state index in [0.717, 1.165) is 4.90 Å². The normalized spacial score (nSPS) is 9.55. The predicted molar refractivity (Wildman–Crippen MR) is 44.6 cm³/mol. The summed E-state index contributed by atoms with van der Waals surface area (Å²) >= 11 is 1.35. The molecule has 2 nitrogen and oxygen atoms in total. The molecule has 0 aliphatic rings. The van der Waals surface area contributed by atoms with Crippen molar-refractivity contribution in [1.82, 2.24) is 0 Å². The van der Waals surface area contributed by atoms with Crippen molar-refractivity contribution in [3.8, 4) is 0 Å². The number of carboxylic acid groups (broad SMARTS) is 1. The summed E-state index contributed by atoms with van der Waals surface area (Å²) in [6.45, 7) is 0. The van der Waals surface area contributed by atoms with Crippen molar-refractivity contribution >= 4 is 17.7 Å². The van der Waals surface area contributed by atoms with Crippen molar-refractivity contribution in [2.45, 2.75) is 4.90 Å². The average Bonchev–Trinajstić information content (AvgIpc) is 2.05. The summed E-state index contributed by atoms with van der Waals surface area (Å²) in [5, 5.41) is 8.53. The van der Waals surface area contributed by atoms with Crippen LogP contribution in [0, 0.1) is 6.26 Å². The molecule has 0 heterocycles. The van der Waals surface area contributed by atoms with Gasteiger partial charge in [-0.1, -0.05) is 0 Å². The monoisotopic (exact) mass is 167 g/mol. The Balaban J connectivity index is 2.91. The van der Waals surface area contributed by atoms with Crippen molar-refractivity contribution in [3.05, 3.63) is 36.1 Å². The van der Waals surface area contributed by atoms with Gasteiger partial charge in [0.05, 0.1) is 5.56 Å². The summed E-state index contributed by atoms with van der Waals surface area (Å²) < 4.78 is 0. The van der Waals surface area contributed by atoms with E-state index in [1.165, 1.54) is 11.8 Å². The first-order valence-electron chi connectivity index (χ1n) is 2.99. The Hall–Kier alpha value is -0.960. The molecule has 0 aliphatic heterocycles. The zero-order valence-corrected chi connectivity index (χ0v) is 6.60. The van der Waals surface area contributed by atoms with Gasteiger partial charge in [-0.3, -0.25) is 0 Å². The number of carboxylic acids is 1. The Bertz CT molecular complexity index is 253. The fourth-order valence-corrected chi connectivity index (χ4v) is 1.02. The Kier molecular flexibility index (Phi) is 2.54. The molecule has 0 atom stereocenters. The SMILES string of the molecule is [CH2]Sc1ccc(C(=O)O)cc1. The van der Waals surface area contributed by atoms with Crippen LogP contribution in [-0.4, -0.2) is 11.1 Å². The zero-order valence-electron chi connectivity index (χ0n) is 5.78. The van der Waals surface area contributed by atoms with E-state index in [0.29, 0.717) is 5.56 Å². The fraction of sp³-hybridized carbons (Fsp3) is 0. The van der Waals surface area contributed by atoms with E-state index in [2.05, 4.69) is 6.26 Å². The first-order valence-corrected chi connectivity index (χ1v) is 3.98. The Morgan fingerprint density at radius 1 is 1.36 bits per heavy atom. The molecule has 0 unspecified atom stereocenters.